The van der Waals surface area contributed by atoms with Gasteiger partial charge >= 0.3 is 0 Å². The number of aryl methyl sites for hydroxylation is 1. The second-order valence-electron chi connectivity index (χ2n) is 9.42. The Balaban J connectivity index is 1.60. The minimum absolute atomic E-state index is 0.0914. The van der Waals surface area contributed by atoms with Crippen LogP contribution in [0.5, 0.6) is 5.75 Å². The fourth-order valence-electron chi connectivity index (χ4n) is 4.53. The van der Waals surface area contributed by atoms with Gasteiger partial charge in [0.2, 0.25) is 5.91 Å². The molecule has 0 radical (unpaired) electrons. The summed E-state index contributed by atoms with van der Waals surface area (Å²) >= 11 is 0. The Hall–Kier alpha value is -3.54. The topological polar surface area (TPSA) is 71.8 Å². The highest BCUT2D eigenvalue weighted by Crippen LogP contribution is 2.38. The van der Waals surface area contributed by atoms with Crippen LogP contribution in [0.3, 0.4) is 0 Å². The van der Waals surface area contributed by atoms with E-state index < -0.39 is 6.10 Å². The predicted molar refractivity (Wildman–Crippen MR) is 135 cm³/mol. The summed E-state index contributed by atoms with van der Waals surface area (Å²) in [4.78, 5) is 27.9. The van der Waals surface area contributed by atoms with Gasteiger partial charge in [-0.05, 0) is 60.7 Å². The monoisotopic (exact) mass is 474 g/mol. The van der Waals surface area contributed by atoms with Crippen molar-refractivity contribution in [2.24, 2.45) is 5.92 Å². The van der Waals surface area contributed by atoms with E-state index in [1.54, 1.807) is 12.3 Å². The third-order valence-corrected chi connectivity index (χ3v) is 6.47. The number of rotatable bonds is 8. The Morgan fingerprint density at radius 1 is 1.14 bits per heavy atom. The molecule has 3 aromatic rings. The summed E-state index contributed by atoms with van der Waals surface area (Å²) in [5.74, 6) is 1.17. The number of carbonyl (C=O) groups excluding carboxylic acids is 2. The highest BCUT2D eigenvalue weighted by Gasteiger charge is 2.33. The van der Waals surface area contributed by atoms with Crippen LogP contribution in [-0.2, 0) is 22.6 Å². The first-order valence-electron chi connectivity index (χ1n) is 12.3. The maximum Gasteiger partial charge on any atom is 0.261 e. The molecule has 2 atom stereocenters. The maximum absolute atomic E-state index is 13.2. The van der Waals surface area contributed by atoms with Crippen molar-refractivity contribution in [2.45, 2.75) is 59.2 Å². The van der Waals surface area contributed by atoms with Gasteiger partial charge in [0.05, 0.1) is 18.8 Å². The number of ether oxygens (including phenoxy) is 1. The fraction of sp³-hybridized carbons (Fsp3) is 0.379. The van der Waals surface area contributed by atoms with Gasteiger partial charge in [0.1, 0.15) is 11.5 Å². The molecule has 0 bridgehead atoms. The van der Waals surface area contributed by atoms with Crippen LogP contribution in [0.1, 0.15) is 61.2 Å². The summed E-state index contributed by atoms with van der Waals surface area (Å²) in [6.45, 7) is 8.86. The number of amides is 2. The van der Waals surface area contributed by atoms with E-state index in [0.29, 0.717) is 31.0 Å². The standard InChI is InChI=1S/C29H34N2O4/c1-5-26(28(32)30-18-24-7-6-16-34-24)35-23-13-12-21-14-15-31(29(33)19(2)3)27(25(21)17-23)22-10-8-20(4)9-11-22/h6-13,16-17,19,26-27H,5,14-15,18H2,1-4H3,(H,30,32)/t26-,27+/m1/s1. The average molecular weight is 475 g/mol. The molecule has 0 saturated carbocycles. The Morgan fingerprint density at radius 3 is 2.57 bits per heavy atom. The van der Waals surface area contributed by atoms with Gasteiger partial charge in [-0.2, -0.15) is 0 Å². The average Bonchev–Trinajstić information content (AvgIpc) is 3.39. The zero-order valence-corrected chi connectivity index (χ0v) is 20.9. The smallest absolute Gasteiger partial charge is 0.261 e. The number of nitrogens with one attached hydrogen (secondary N) is 1. The van der Waals surface area contributed by atoms with E-state index in [4.69, 9.17) is 9.15 Å². The van der Waals surface area contributed by atoms with Gasteiger partial charge in [-0.1, -0.05) is 56.7 Å². The molecule has 2 heterocycles. The highest BCUT2D eigenvalue weighted by atomic mass is 16.5. The van der Waals surface area contributed by atoms with E-state index in [2.05, 4.69) is 42.6 Å². The zero-order valence-electron chi connectivity index (χ0n) is 20.9. The molecule has 4 rings (SSSR count). The minimum atomic E-state index is -0.627. The van der Waals surface area contributed by atoms with Crippen molar-refractivity contribution in [1.82, 2.24) is 10.2 Å². The van der Waals surface area contributed by atoms with Crippen LogP contribution in [0.25, 0.3) is 0 Å². The maximum atomic E-state index is 13.2. The molecule has 0 unspecified atom stereocenters. The first-order chi connectivity index (χ1) is 16.9. The van der Waals surface area contributed by atoms with Crippen LogP contribution in [0.4, 0.5) is 0 Å². The van der Waals surface area contributed by atoms with E-state index in [0.717, 1.165) is 17.5 Å². The molecule has 6 nitrogen and oxygen atoms in total. The molecule has 2 aromatic carbocycles. The fourth-order valence-corrected chi connectivity index (χ4v) is 4.53. The Morgan fingerprint density at radius 2 is 1.91 bits per heavy atom. The summed E-state index contributed by atoms with van der Waals surface area (Å²) in [6, 6.07) is 17.8. The zero-order chi connectivity index (χ0) is 24.9. The number of hydrogen-bond acceptors (Lipinski definition) is 4. The second kappa shape index (κ2) is 10.8. The number of fused-ring (bicyclic) bond motifs is 1. The number of nitrogens with zero attached hydrogens (tertiary/aromatic N) is 1. The molecule has 35 heavy (non-hydrogen) atoms. The van der Waals surface area contributed by atoms with E-state index in [-0.39, 0.29) is 23.8 Å². The normalized spacial score (nSPS) is 16.0. The molecule has 0 spiro atoms. The number of hydrogen-bond donors (Lipinski definition) is 1. The molecule has 184 valence electrons. The van der Waals surface area contributed by atoms with Crippen molar-refractivity contribution in [3.63, 3.8) is 0 Å². The van der Waals surface area contributed by atoms with Crippen molar-refractivity contribution >= 4 is 11.8 Å². The van der Waals surface area contributed by atoms with E-state index in [1.165, 1.54) is 11.1 Å². The minimum Gasteiger partial charge on any atom is -0.481 e. The molecule has 1 N–H and O–H groups in total. The lowest BCUT2D eigenvalue weighted by molar-refractivity contribution is -0.136. The molecule has 1 aliphatic rings. The Bertz CT molecular complexity index is 1150. The van der Waals surface area contributed by atoms with Gasteiger partial charge in [0.25, 0.3) is 5.91 Å². The highest BCUT2D eigenvalue weighted by molar-refractivity contribution is 5.81. The first kappa shape index (κ1) is 24.6. The quantitative estimate of drug-likeness (QED) is 0.488. The summed E-state index contributed by atoms with van der Waals surface area (Å²) in [6.07, 6.45) is 2.27. The van der Waals surface area contributed by atoms with Gasteiger partial charge < -0.3 is 19.4 Å². The molecule has 6 heteroatoms. The third-order valence-electron chi connectivity index (χ3n) is 6.47. The lowest BCUT2D eigenvalue weighted by atomic mass is 9.87. The first-order valence-corrected chi connectivity index (χ1v) is 12.3. The second-order valence-corrected chi connectivity index (χ2v) is 9.42. The lowest BCUT2D eigenvalue weighted by Gasteiger charge is -2.39. The third kappa shape index (κ3) is 5.59. The van der Waals surface area contributed by atoms with Crippen LogP contribution >= 0.6 is 0 Å². The van der Waals surface area contributed by atoms with Crippen molar-refractivity contribution in [3.8, 4) is 5.75 Å². The van der Waals surface area contributed by atoms with Gasteiger partial charge in [-0.25, -0.2) is 0 Å². The molecule has 1 aromatic heterocycles. The van der Waals surface area contributed by atoms with Gasteiger partial charge in [-0.3, -0.25) is 9.59 Å². The lowest BCUT2D eigenvalue weighted by Crippen LogP contribution is -2.42. The SMILES string of the molecule is CC[C@@H](Oc1ccc2c(c1)[C@H](c1ccc(C)cc1)N(C(=O)C(C)C)CC2)C(=O)NCc1ccco1. The molecule has 0 aliphatic carbocycles. The number of furan rings is 1. The molecule has 1 aliphatic heterocycles. The Labute approximate surface area is 207 Å². The summed E-state index contributed by atoms with van der Waals surface area (Å²) in [5.41, 5.74) is 4.50. The Kier molecular flexibility index (Phi) is 7.59. The van der Waals surface area contributed by atoms with Crippen molar-refractivity contribution < 1.29 is 18.7 Å². The molecular formula is C29H34N2O4. The van der Waals surface area contributed by atoms with E-state index >= 15 is 0 Å². The van der Waals surface area contributed by atoms with Gasteiger partial charge in [0, 0.05) is 12.5 Å². The van der Waals surface area contributed by atoms with Crippen molar-refractivity contribution in [1.29, 1.82) is 0 Å². The van der Waals surface area contributed by atoms with E-state index in [1.807, 2.05) is 43.9 Å². The summed E-state index contributed by atoms with van der Waals surface area (Å²) in [5, 5.41) is 2.88. The molecule has 0 saturated heterocycles. The van der Waals surface area contributed by atoms with Crippen molar-refractivity contribution in [2.75, 3.05) is 6.54 Å². The van der Waals surface area contributed by atoms with Crippen LogP contribution in [0.15, 0.2) is 65.3 Å². The molecule has 2 amide bonds. The molecule has 0 fully saturated rings. The van der Waals surface area contributed by atoms with Crippen LogP contribution in [-0.4, -0.2) is 29.4 Å². The largest absolute Gasteiger partial charge is 0.481 e. The van der Waals surface area contributed by atoms with Gasteiger partial charge in [0.15, 0.2) is 6.10 Å². The van der Waals surface area contributed by atoms with Crippen LogP contribution < -0.4 is 10.1 Å². The van der Waals surface area contributed by atoms with E-state index in [9.17, 15) is 9.59 Å². The number of carbonyl (C=O) groups is 2. The van der Waals surface area contributed by atoms with Crippen LogP contribution in [0, 0.1) is 12.8 Å². The van der Waals surface area contributed by atoms with Crippen LogP contribution in [0.2, 0.25) is 0 Å². The van der Waals surface area contributed by atoms with Crippen molar-refractivity contribution in [3.05, 3.63) is 88.9 Å². The predicted octanol–water partition coefficient (Wildman–Crippen LogP) is 5.19. The van der Waals surface area contributed by atoms with Gasteiger partial charge in [-0.15, -0.1) is 0 Å². The molecular weight excluding hydrogens is 440 g/mol. The summed E-state index contributed by atoms with van der Waals surface area (Å²) < 4.78 is 11.5. The number of benzene rings is 2. The summed E-state index contributed by atoms with van der Waals surface area (Å²) in [7, 11) is 0.